The van der Waals surface area contributed by atoms with E-state index in [-0.39, 0.29) is 18.2 Å². The molecule has 7 heteroatoms. The SMILES string of the molecule is CC.CC.O=C(O)CCCCCNC(=O)CCCCCNC(=O)OCC1c2ccccc2-c2ccccc21. The van der Waals surface area contributed by atoms with Crippen molar-refractivity contribution in [2.45, 2.75) is 85.0 Å². The molecule has 2 aromatic carbocycles. The second-order valence-corrected chi connectivity index (χ2v) is 8.62. The lowest BCUT2D eigenvalue weighted by Crippen LogP contribution is -2.27. The summed E-state index contributed by atoms with van der Waals surface area (Å²) in [6.45, 7) is 9.40. The number of alkyl carbamates (subject to hydrolysis) is 1. The first-order valence-corrected chi connectivity index (χ1v) is 14.1. The van der Waals surface area contributed by atoms with Crippen molar-refractivity contribution in [1.82, 2.24) is 10.6 Å². The van der Waals surface area contributed by atoms with Crippen molar-refractivity contribution in [3.8, 4) is 11.1 Å². The fourth-order valence-electron chi connectivity index (χ4n) is 4.32. The van der Waals surface area contributed by atoms with Crippen molar-refractivity contribution in [2.24, 2.45) is 0 Å². The van der Waals surface area contributed by atoms with E-state index in [0.717, 1.165) is 32.1 Å². The summed E-state index contributed by atoms with van der Waals surface area (Å²) in [6.07, 6.45) is 4.85. The molecule has 2 amide bonds. The number of hydrogen-bond acceptors (Lipinski definition) is 4. The summed E-state index contributed by atoms with van der Waals surface area (Å²) in [5.41, 5.74) is 4.79. The molecule has 3 rings (SSSR count). The maximum Gasteiger partial charge on any atom is 0.407 e. The van der Waals surface area contributed by atoms with E-state index in [2.05, 4.69) is 34.9 Å². The number of hydrogen-bond donors (Lipinski definition) is 3. The number of carbonyl (C=O) groups is 3. The molecule has 0 saturated heterocycles. The third-order valence-electron chi connectivity index (χ3n) is 6.08. The molecule has 0 unspecified atom stereocenters. The highest BCUT2D eigenvalue weighted by atomic mass is 16.5. The van der Waals surface area contributed by atoms with Crippen LogP contribution in [0, 0.1) is 0 Å². The zero-order valence-electron chi connectivity index (χ0n) is 23.6. The van der Waals surface area contributed by atoms with Gasteiger partial charge >= 0.3 is 12.1 Å². The van der Waals surface area contributed by atoms with Crippen molar-refractivity contribution in [3.05, 3.63) is 59.7 Å². The van der Waals surface area contributed by atoms with Crippen LogP contribution in [0.1, 0.15) is 96.1 Å². The number of carboxylic acids is 1. The van der Waals surface area contributed by atoms with E-state index >= 15 is 0 Å². The molecule has 1 aliphatic rings. The fourth-order valence-corrected chi connectivity index (χ4v) is 4.32. The molecular formula is C31H46N2O5. The molecule has 0 heterocycles. The summed E-state index contributed by atoms with van der Waals surface area (Å²) in [5, 5.41) is 14.2. The lowest BCUT2D eigenvalue weighted by molar-refractivity contribution is -0.137. The number of amides is 2. The molecule has 2 aromatic rings. The quantitative estimate of drug-likeness (QED) is 0.232. The Morgan fingerprint density at radius 1 is 0.711 bits per heavy atom. The Kier molecular flexibility index (Phi) is 17.0. The zero-order chi connectivity index (χ0) is 28.2. The average Bonchev–Trinajstić information content (AvgIpc) is 3.27. The largest absolute Gasteiger partial charge is 0.481 e. The number of unbranched alkanes of at least 4 members (excludes halogenated alkanes) is 4. The molecule has 1 aliphatic carbocycles. The summed E-state index contributed by atoms with van der Waals surface area (Å²) >= 11 is 0. The number of carbonyl (C=O) groups excluding carboxylic acids is 2. The second kappa shape index (κ2) is 19.7. The van der Waals surface area contributed by atoms with Crippen LogP contribution in [0.4, 0.5) is 4.79 Å². The van der Waals surface area contributed by atoms with Gasteiger partial charge in [-0.25, -0.2) is 4.79 Å². The highest BCUT2D eigenvalue weighted by molar-refractivity contribution is 5.79. The number of rotatable bonds is 14. The highest BCUT2D eigenvalue weighted by Crippen LogP contribution is 2.44. The van der Waals surface area contributed by atoms with Gasteiger partial charge in [0.1, 0.15) is 6.61 Å². The zero-order valence-corrected chi connectivity index (χ0v) is 23.6. The van der Waals surface area contributed by atoms with Crippen LogP contribution in [0.2, 0.25) is 0 Å². The lowest BCUT2D eigenvalue weighted by atomic mass is 9.98. The van der Waals surface area contributed by atoms with Crippen molar-refractivity contribution in [1.29, 1.82) is 0 Å². The number of carboxylic acid groups (broad SMARTS) is 1. The maximum atomic E-state index is 12.2. The molecule has 38 heavy (non-hydrogen) atoms. The van der Waals surface area contributed by atoms with Crippen LogP contribution in [0.25, 0.3) is 11.1 Å². The minimum absolute atomic E-state index is 0.0164. The summed E-state index contributed by atoms with van der Waals surface area (Å²) < 4.78 is 5.52. The first-order chi connectivity index (χ1) is 18.6. The van der Waals surface area contributed by atoms with Crippen LogP contribution in [-0.4, -0.2) is 42.8 Å². The first-order valence-electron chi connectivity index (χ1n) is 14.1. The third kappa shape index (κ3) is 11.4. The van der Waals surface area contributed by atoms with E-state index in [9.17, 15) is 14.4 Å². The normalized spacial score (nSPS) is 11.1. The van der Waals surface area contributed by atoms with Crippen LogP contribution in [-0.2, 0) is 14.3 Å². The molecule has 0 spiro atoms. The monoisotopic (exact) mass is 526 g/mol. The molecule has 0 bridgehead atoms. The lowest BCUT2D eigenvalue weighted by Gasteiger charge is -2.14. The standard InChI is InChI=1S/C27H34N2O5.2C2H6/c30-25(28-17-9-2-4-16-26(31)32)15-3-1-10-18-29-27(33)34-19-24-22-13-7-5-11-20(22)21-12-6-8-14-23(21)24;2*1-2/h5-8,11-14,24H,1-4,9-10,15-19H2,(H,28,30)(H,29,33)(H,31,32);2*1-2H3. The van der Waals surface area contributed by atoms with Gasteiger partial charge in [0, 0.05) is 31.8 Å². The van der Waals surface area contributed by atoms with Gasteiger partial charge in [-0.2, -0.15) is 0 Å². The molecule has 0 aliphatic heterocycles. The van der Waals surface area contributed by atoms with Crippen molar-refractivity contribution >= 4 is 18.0 Å². The van der Waals surface area contributed by atoms with Crippen LogP contribution < -0.4 is 10.6 Å². The molecule has 3 N–H and O–H groups in total. The molecule has 7 nitrogen and oxygen atoms in total. The van der Waals surface area contributed by atoms with Gasteiger partial charge in [-0.3, -0.25) is 9.59 Å². The molecule has 0 radical (unpaired) electrons. The molecule has 0 fully saturated rings. The molecule has 0 aromatic heterocycles. The van der Waals surface area contributed by atoms with Gasteiger partial charge in [0.05, 0.1) is 0 Å². The first kappa shape index (κ1) is 32.7. The second-order valence-electron chi connectivity index (χ2n) is 8.62. The number of aliphatic carboxylic acids is 1. The van der Waals surface area contributed by atoms with E-state index in [4.69, 9.17) is 9.84 Å². The van der Waals surface area contributed by atoms with Gasteiger partial charge < -0.3 is 20.5 Å². The van der Waals surface area contributed by atoms with Gasteiger partial charge in [0.2, 0.25) is 5.91 Å². The van der Waals surface area contributed by atoms with Crippen LogP contribution in [0.15, 0.2) is 48.5 Å². The number of nitrogens with one attached hydrogen (secondary N) is 2. The fraction of sp³-hybridized carbons (Fsp3) is 0.516. The number of ether oxygens (including phenoxy) is 1. The Morgan fingerprint density at radius 3 is 1.76 bits per heavy atom. The smallest absolute Gasteiger partial charge is 0.407 e. The van der Waals surface area contributed by atoms with E-state index in [1.165, 1.54) is 22.3 Å². The van der Waals surface area contributed by atoms with Gasteiger partial charge in [-0.1, -0.05) is 89.1 Å². The van der Waals surface area contributed by atoms with Gasteiger partial charge in [0.25, 0.3) is 0 Å². The van der Waals surface area contributed by atoms with E-state index in [1.54, 1.807) is 0 Å². The van der Waals surface area contributed by atoms with Crippen molar-refractivity contribution in [2.75, 3.05) is 19.7 Å². The Hall–Kier alpha value is -3.35. The topological polar surface area (TPSA) is 105 Å². The molecule has 0 saturated carbocycles. The van der Waals surface area contributed by atoms with Crippen LogP contribution in [0.5, 0.6) is 0 Å². The molecular weight excluding hydrogens is 480 g/mol. The Bertz CT molecular complexity index is 931. The van der Waals surface area contributed by atoms with E-state index in [0.29, 0.717) is 32.5 Å². The average molecular weight is 527 g/mol. The van der Waals surface area contributed by atoms with Gasteiger partial charge in [-0.15, -0.1) is 0 Å². The third-order valence-corrected chi connectivity index (χ3v) is 6.08. The predicted octanol–water partition coefficient (Wildman–Crippen LogP) is 6.90. The summed E-state index contributed by atoms with van der Waals surface area (Å²) in [6, 6.07) is 16.5. The Balaban J connectivity index is 0.00000172. The summed E-state index contributed by atoms with van der Waals surface area (Å²) in [5.74, 6) is -0.714. The number of benzene rings is 2. The predicted molar refractivity (Wildman–Crippen MR) is 153 cm³/mol. The van der Waals surface area contributed by atoms with Crippen molar-refractivity contribution < 1.29 is 24.2 Å². The Morgan fingerprint density at radius 2 is 1.21 bits per heavy atom. The minimum atomic E-state index is -0.780. The van der Waals surface area contributed by atoms with E-state index in [1.807, 2.05) is 52.0 Å². The van der Waals surface area contributed by atoms with E-state index < -0.39 is 12.1 Å². The summed E-state index contributed by atoms with van der Waals surface area (Å²) in [7, 11) is 0. The van der Waals surface area contributed by atoms with Gasteiger partial charge in [0.15, 0.2) is 0 Å². The molecule has 0 atom stereocenters. The van der Waals surface area contributed by atoms with Gasteiger partial charge in [-0.05, 0) is 47.9 Å². The summed E-state index contributed by atoms with van der Waals surface area (Å²) in [4.78, 5) is 34.4. The van der Waals surface area contributed by atoms with Crippen LogP contribution in [0.3, 0.4) is 0 Å². The molecule has 210 valence electrons. The number of fused-ring (bicyclic) bond motifs is 3. The minimum Gasteiger partial charge on any atom is -0.481 e. The van der Waals surface area contributed by atoms with Crippen molar-refractivity contribution in [3.63, 3.8) is 0 Å². The van der Waals surface area contributed by atoms with Crippen LogP contribution >= 0.6 is 0 Å². The highest BCUT2D eigenvalue weighted by Gasteiger charge is 2.28. The Labute approximate surface area is 228 Å². The maximum absolute atomic E-state index is 12.2.